The predicted octanol–water partition coefficient (Wildman–Crippen LogP) is 2.56. The molecule has 0 amide bonds. The monoisotopic (exact) mass is 290 g/mol. The number of nitrogens with one attached hydrogen (secondary N) is 1. The molecular formula is C17H30N4. The maximum absolute atomic E-state index is 4.58. The topological polar surface area (TPSA) is 33.1 Å². The average molecular weight is 290 g/mol. The molecule has 3 heterocycles. The fourth-order valence-corrected chi connectivity index (χ4v) is 4.40. The van der Waals surface area contributed by atoms with Crippen molar-refractivity contribution in [2.45, 2.75) is 58.5 Å². The van der Waals surface area contributed by atoms with Crippen molar-refractivity contribution in [3.05, 3.63) is 17.0 Å². The molecule has 0 radical (unpaired) electrons. The van der Waals surface area contributed by atoms with Gasteiger partial charge < -0.3 is 5.32 Å². The highest BCUT2D eigenvalue weighted by atomic mass is 15.3. The summed E-state index contributed by atoms with van der Waals surface area (Å²) < 4.78 is 2.02. The maximum Gasteiger partial charge on any atom is 0.0644 e. The highest BCUT2D eigenvalue weighted by molar-refractivity contribution is 5.27. The highest BCUT2D eigenvalue weighted by Gasteiger charge is 2.31. The van der Waals surface area contributed by atoms with Gasteiger partial charge in [-0.2, -0.15) is 5.10 Å². The summed E-state index contributed by atoms with van der Waals surface area (Å²) in [5.74, 6) is 0.895. The van der Waals surface area contributed by atoms with Crippen molar-refractivity contribution in [3.63, 3.8) is 0 Å². The van der Waals surface area contributed by atoms with E-state index in [0.717, 1.165) is 12.0 Å². The predicted molar refractivity (Wildman–Crippen MR) is 86.4 cm³/mol. The van der Waals surface area contributed by atoms with Gasteiger partial charge in [0.1, 0.15) is 0 Å². The second-order valence-electron chi connectivity index (χ2n) is 6.96. The van der Waals surface area contributed by atoms with Crippen LogP contribution in [0.25, 0.3) is 0 Å². The largest absolute Gasteiger partial charge is 0.314 e. The first-order chi connectivity index (χ1) is 10.1. The highest BCUT2D eigenvalue weighted by Crippen LogP contribution is 2.32. The molecule has 1 aromatic rings. The van der Waals surface area contributed by atoms with Crippen LogP contribution in [-0.4, -0.2) is 40.4 Å². The minimum absolute atomic E-state index is 0.496. The van der Waals surface area contributed by atoms with Gasteiger partial charge in [0.05, 0.1) is 5.69 Å². The van der Waals surface area contributed by atoms with E-state index in [1.807, 2.05) is 4.68 Å². The molecule has 0 aliphatic carbocycles. The zero-order valence-electron chi connectivity index (χ0n) is 14.0. The Balaban J connectivity index is 1.63. The Hall–Kier alpha value is -0.870. The molecule has 2 aliphatic rings. The van der Waals surface area contributed by atoms with Crippen LogP contribution in [0.3, 0.4) is 0 Å². The minimum Gasteiger partial charge on any atom is -0.314 e. The van der Waals surface area contributed by atoms with Crippen LogP contribution in [0.5, 0.6) is 0 Å². The van der Waals surface area contributed by atoms with Crippen LogP contribution < -0.4 is 5.32 Å². The molecule has 4 heteroatoms. The van der Waals surface area contributed by atoms with Gasteiger partial charge in [0.15, 0.2) is 0 Å². The van der Waals surface area contributed by atoms with Crippen LogP contribution in [0.1, 0.15) is 55.6 Å². The van der Waals surface area contributed by atoms with Crippen LogP contribution in [0, 0.1) is 19.8 Å². The van der Waals surface area contributed by atoms with Gasteiger partial charge in [-0.3, -0.25) is 9.58 Å². The van der Waals surface area contributed by atoms with Gasteiger partial charge in [0.2, 0.25) is 0 Å². The molecule has 0 spiro atoms. The Morgan fingerprint density at radius 1 is 1.19 bits per heavy atom. The first-order valence-electron chi connectivity index (χ1n) is 8.55. The molecule has 0 bridgehead atoms. The average Bonchev–Trinajstić information content (AvgIpc) is 3.08. The van der Waals surface area contributed by atoms with E-state index >= 15 is 0 Å². The number of likely N-dealkylation sites (tertiary alicyclic amines) is 1. The van der Waals surface area contributed by atoms with Crippen molar-refractivity contribution < 1.29 is 0 Å². The number of nitrogens with zero attached hydrogens (tertiary/aromatic N) is 3. The summed E-state index contributed by atoms with van der Waals surface area (Å²) >= 11 is 0. The second kappa shape index (κ2) is 6.09. The molecule has 1 N–H and O–H groups in total. The van der Waals surface area contributed by atoms with Gasteiger partial charge in [-0.1, -0.05) is 0 Å². The van der Waals surface area contributed by atoms with Gasteiger partial charge in [-0.15, -0.1) is 0 Å². The second-order valence-corrected chi connectivity index (χ2v) is 6.96. The van der Waals surface area contributed by atoms with Crippen molar-refractivity contribution in [2.75, 3.05) is 19.6 Å². The van der Waals surface area contributed by atoms with E-state index in [0.29, 0.717) is 6.04 Å². The number of piperidine rings is 1. The van der Waals surface area contributed by atoms with E-state index in [4.69, 9.17) is 0 Å². The molecule has 4 nitrogen and oxygen atoms in total. The smallest absolute Gasteiger partial charge is 0.0644 e. The molecule has 2 unspecified atom stereocenters. The molecule has 0 saturated carbocycles. The van der Waals surface area contributed by atoms with E-state index < -0.39 is 0 Å². The Morgan fingerprint density at radius 3 is 2.43 bits per heavy atom. The van der Waals surface area contributed by atoms with Crippen LogP contribution >= 0.6 is 0 Å². The summed E-state index contributed by atoms with van der Waals surface area (Å²) in [6.45, 7) is 10.4. The summed E-state index contributed by atoms with van der Waals surface area (Å²) in [4.78, 5) is 2.66. The summed E-state index contributed by atoms with van der Waals surface area (Å²) in [6, 6.07) is 1.29. The summed E-state index contributed by atoms with van der Waals surface area (Å²) in [5.41, 5.74) is 3.96. The summed E-state index contributed by atoms with van der Waals surface area (Å²) in [7, 11) is 2.05. The molecule has 2 fully saturated rings. The van der Waals surface area contributed by atoms with Crippen molar-refractivity contribution in [2.24, 2.45) is 13.0 Å². The fourth-order valence-electron chi connectivity index (χ4n) is 4.40. The van der Waals surface area contributed by atoms with Crippen LogP contribution in [-0.2, 0) is 7.05 Å². The number of hydrogen-bond acceptors (Lipinski definition) is 3. The van der Waals surface area contributed by atoms with Crippen LogP contribution in [0.2, 0.25) is 0 Å². The van der Waals surface area contributed by atoms with E-state index in [2.05, 4.69) is 43.1 Å². The van der Waals surface area contributed by atoms with Gasteiger partial charge in [-0.05, 0) is 72.0 Å². The number of rotatable bonds is 3. The van der Waals surface area contributed by atoms with Gasteiger partial charge >= 0.3 is 0 Å². The lowest BCUT2D eigenvalue weighted by atomic mass is 9.87. The van der Waals surface area contributed by atoms with E-state index in [1.54, 1.807) is 0 Å². The normalized spacial score (nSPS) is 26.4. The Bertz CT molecular complexity index is 479. The van der Waals surface area contributed by atoms with E-state index in [-0.39, 0.29) is 0 Å². The van der Waals surface area contributed by atoms with Crippen molar-refractivity contribution in [1.29, 1.82) is 0 Å². The van der Waals surface area contributed by atoms with Crippen LogP contribution in [0.15, 0.2) is 0 Å². The molecule has 1 aromatic heterocycles. The Labute approximate surface area is 128 Å². The molecule has 118 valence electrons. The van der Waals surface area contributed by atoms with Crippen LogP contribution in [0.4, 0.5) is 0 Å². The zero-order valence-corrected chi connectivity index (χ0v) is 14.0. The lowest BCUT2D eigenvalue weighted by Gasteiger charge is -2.38. The molecular weight excluding hydrogens is 260 g/mol. The summed E-state index contributed by atoms with van der Waals surface area (Å²) in [5, 5.41) is 8.28. The lowest BCUT2D eigenvalue weighted by Crippen LogP contribution is -2.41. The van der Waals surface area contributed by atoms with Gasteiger partial charge in [0.25, 0.3) is 0 Å². The van der Waals surface area contributed by atoms with Crippen molar-refractivity contribution in [1.82, 2.24) is 20.0 Å². The first-order valence-corrected chi connectivity index (χ1v) is 8.55. The Kier molecular flexibility index (Phi) is 4.36. The summed E-state index contributed by atoms with van der Waals surface area (Å²) in [6.07, 6.45) is 5.46. The standard InChI is InChI=1S/C17H30N4/c1-12-17(13(2)20(4)19-12)14(3)21-10-7-15(8-11-21)16-6-5-9-18-16/h14-16,18H,5-11H2,1-4H3. The third kappa shape index (κ3) is 2.88. The third-order valence-electron chi connectivity index (χ3n) is 5.77. The van der Waals surface area contributed by atoms with Crippen molar-refractivity contribution >= 4 is 0 Å². The van der Waals surface area contributed by atoms with Crippen molar-refractivity contribution in [3.8, 4) is 0 Å². The lowest BCUT2D eigenvalue weighted by molar-refractivity contribution is 0.126. The number of aromatic nitrogens is 2. The molecule has 0 aromatic carbocycles. The minimum atomic E-state index is 0.496. The Morgan fingerprint density at radius 2 is 1.90 bits per heavy atom. The number of hydrogen-bond donors (Lipinski definition) is 1. The molecule has 2 saturated heterocycles. The van der Waals surface area contributed by atoms with E-state index in [9.17, 15) is 0 Å². The molecule has 2 aliphatic heterocycles. The maximum atomic E-state index is 4.58. The van der Waals surface area contributed by atoms with Gasteiger partial charge in [-0.25, -0.2) is 0 Å². The third-order valence-corrected chi connectivity index (χ3v) is 5.77. The molecule has 2 atom stereocenters. The fraction of sp³-hybridized carbons (Fsp3) is 0.824. The zero-order chi connectivity index (χ0) is 15.0. The molecule has 3 rings (SSSR count). The van der Waals surface area contributed by atoms with E-state index in [1.165, 1.54) is 62.3 Å². The number of aryl methyl sites for hydroxylation is 2. The SMILES string of the molecule is Cc1nn(C)c(C)c1C(C)N1CCC(C2CCCN2)CC1. The van der Waals surface area contributed by atoms with Gasteiger partial charge in [0, 0.05) is 30.4 Å². The quantitative estimate of drug-likeness (QED) is 0.929. The first kappa shape index (κ1) is 15.0. The molecule has 21 heavy (non-hydrogen) atoms.